The predicted octanol–water partition coefficient (Wildman–Crippen LogP) is 0.214. The minimum absolute atomic E-state index is 0.119. The van der Waals surface area contributed by atoms with Crippen LogP contribution in [-0.2, 0) is 4.43 Å². The molecule has 0 bridgehead atoms. The zero-order valence-corrected chi connectivity index (χ0v) is 6.40. The van der Waals surface area contributed by atoms with Gasteiger partial charge in [-0.1, -0.05) is 0 Å². The van der Waals surface area contributed by atoms with Gasteiger partial charge in [0.1, 0.15) is 0 Å². The fraction of sp³-hybridized carbons (Fsp3) is 1.00. The predicted molar refractivity (Wildman–Crippen MR) is 34.6 cm³/mol. The fourth-order valence-electron chi connectivity index (χ4n) is 0.399. The molecule has 0 aliphatic rings. The zero-order chi connectivity index (χ0) is 6.62. The number of hydrogen-bond acceptors (Lipinski definition) is 2. The highest BCUT2D eigenvalue weighted by Gasteiger charge is 2.12. The van der Waals surface area contributed by atoms with Gasteiger partial charge in [0, 0.05) is 0 Å². The van der Waals surface area contributed by atoms with Crippen LogP contribution in [0.4, 0.5) is 0 Å². The molecule has 0 aromatic carbocycles. The lowest BCUT2D eigenvalue weighted by Gasteiger charge is -2.21. The van der Waals surface area contributed by atoms with Gasteiger partial charge in [0.15, 0.2) is 0 Å². The van der Waals surface area contributed by atoms with Crippen molar-refractivity contribution in [3.8, 4) is 0 Å². The molecule has 0 aliphatic carbocycles. The number of hydrogen-bond donors (Lipinski definition) is 1. The summed E-state index contributed by atoms with van der Waals surface area (Å²) in [6.07, 6.45) is 0.872. The Morgan fingerprint density at radius 3 is 2.25 bits per heavy atom. The van der Waals surface area contributed by atoms with Crippen LogP contribution in [0.3, 0.4) is 0 Å². The second kappa shape index (κ2) is 3.22. The maximum Gasteiger partial charge on any atom is 0.246 e. The highest BCUT2D eigenvalue weighted by atomic mass is 28.2. The third-order valence-electron chi connectivity index (χ3n) is 1.02. The number of nitrogens with two attached hydrogens (primary N) is 1. The molecule has 0 spiro atoms. The Morgan fingerprint density at radius 2 is 2.12 bits per heavy atom. The fourth-order valence-corrected chi connectivity index (χ4v) is 0.501. The Morgan fingerprint density at radius 1 is 1.62 bits per heavy atom. The lowest BCUT2D eigenvalue weighted by atomic mass is 10.1. The quantitative estimate of drug-likeness (QED) is 0.554. The normalized spacial score (nSPS) is 12.0. The molecule has 8 heavy (non-hydrogen) atoms. The average Bonchev–Trinajstić information content (AvgIpc) is 1.67. The van der Waals surface area contributed by atoms with Gasteiger partial charge >= 0.3 is 0 Å². The first-order valence-corrected chi connectivity index (χ1v) is 3.08. The number of rotatable bonds is 3. The van der Waals surface area contributed by atoms with E-state index in [-0.39, 0.29) is 5.60 Å². The van der Waals surface area contributed by atoms with Gasteiger partial charge in [-0.05, 0) is 26.8 Å². The van der Waals surface area contributed by atoms with Crippen LogP contribution in [0.2, 0.25) is 0 Å². The van der Waals surface area contributed by atoms with Gasteiger partial charge in [0.2, 0.25) is 10.5 Å². The highest BCUT2D eigenvalue weighted by Crippen LogP contribution is 2.09. The molecule has 0 atom stereocenters. The molecule has 0 unspecified atom stereocenters. The van der Waals surface area contributed by atoms with Gasteiger partial charge in [-0.25, -0.2) is 0 Å². The van der Waals surface area contributed by atoms with Crippen LogP contribution in [0.5, 0.6) is 0 Å². The van der Waals surface area contributed by atoms with E-state index >= 15 is 0 Å². The van der Waals surface area contributed by atoms with E-state index in [4.69, 9.17) is 10.2 Å². The van der Waals surface area contributed by atoms with Crippen molar-refractivity contribution in [2.75, 3.05) is 6.54 Å². The van der Waals surface area contributed by atoms with E-state index in [1.165, 1.54) is 0 Å². The summed E-state index contributed by atoms with van der Waals surface area (Å²) in [6.45, 7) is 4.62. The van der Waals surface area contributed by atoms with E-state index in [9.17, 15) is 0 Å². The van der Waals surface area contributed by atoms with Crippen LogP contribution >= 0.6 is 0 Å². The molecule has 0 aromatic heterocycles. The molecule has 3 heteroatoms. The lowest BCUT2D eigenvalue weighted by Crippen LogP contribution is -2.26. The van der Waals surface area contributed by atoms with E-state index in [2.05, 4.69) is 10.5 Å². The molecule has 0 aliphatic heterocycles. The van der Waals surface area contributed by atoms with Gasteiger partial charge in [0.25, 0.3) is 0 Å². The lowest BCUT2D eigenvalue weighted by molar-refractivity contribution is 0.116. The van der Waals surface area contributed by atoms with Gasteiger partial charge in [-0.15, -0.1) is 0 Å². The minimum Gasteiger partial charge on any atom is -0.414 e. The monoisotopic (exact) mass is 130 g/mol. The van der Waals surface area contributed by atoms with Crippen LogP contribution < -0.4 is 5.73 Å². The van der Waals surface area contributed by atoms with Gasteiger partial charge in [-0.3, -0.25) is 0 Å². The second-order valence-electron chi connectivity index (χ2n) is 2.40. The van der Waals surface area contributed by atoms with Gasteiger partial charge < -0.3 is 10.2 Å². The van der Waals surface area contributed by atoms with Crippen LogP contribution in [0.1, 0.15) is 20.3 Å². The Labute approximate surface area is 53.9 Å². The SMILES string of the molecule is CC(C)(CCN)O[Si]. The summed E-state index contributed by atoms with van der Waals surface area (Å²) >= 11 is 0. The van der Waals surface area contributed by atoms with Crippen LogP contribution in [0.15, 0.2) is 0 Å². The molecule has 3 radical (unpaired) electrons. The average molecular weight is 130 g/mol. The van der Waals surface area contributed by atoms with E-state index < -0.39 is 0 Å². The van der Waals surface area contributed by atoms with Crippen molar-refractivity contribution in [2.45, 2.75) is 25.9 Å². The topological polar surface area (TPSA) is 35.2 Å². The summed E-state index contributed by atoms with van der Waals surface area (Å²) in [6, 6.07) is 0. The third kappa shape index (κ3) is 3.18. The van der Waals surface area contributed by atoms with Crippen LogP contribution in [-0.4, -0.2) is 22.6 Å². The molecule has 2 N–H and O–H groups in total. The van der Waals surface area contributed by atoms with Crippen molar-refractivity contribution >= 4 is 10.5 Å². The summed E-state index contributed by atoms with van der Waals surface area (Å²) < 4.78 is 4.90. The maximum atomic E-state index is 5.29. The Balaban J connectivity index is 3.37. The Bertz CT molecular complexity index is 65.4. The van der Waals surface area contributed by atoms with Crippen molar-refractivity contribution < 1.29 is 4.43 Å². The van der Waals surface area contributed by atoms with E-state index in [0.717, 1.165) is 6.42 Å². The molecule has 0 amide bonds. The van der Waals surface area contributed by atoms with Crippen molar-refractivity contribution in [3.63, 3.8) is 0 Å². The molecule has 0 saturated carbocycles. The van der Waals surface area contributed by atoms with Crippen molar-refractivity contribution in [3.05, 3.63) is 0 Å². The summed E-state index contributed by atoms with van der Waals surface area (Å²) in [5, 5.41) is 0. The molecule has 0 rings (SSSR count). The Hall–Kier alpha value is 0.137. The molecule has 0 saturated heterocycles. The van der Waals surface area contributed by atoms with Crippen molar-refractivity contribution in [2.24, 2.45) is 5.73 Å². The summed E-state index contributed by atoms with van der Waals surface area (Å²) in [5.41, 5.74) is 5.17. The van der Waals surface area contributed by atoms with E-state index in [1.807, 2.05) is 13.8 Å². The summed E-state index contributed by atoms with van der Waals surface area (Å²) in [7, 11) is 2.96. The summed E-state index contributed by atoms with van der Waals surface area (Å²) in [4.78, 5) is 0. The highest BCUT2D eigenvalue weighted by molar-refractivity contribution is 5.98. The largest absolute Gasteiger partial charge is 0.414 e. The molecule has 47 valence electrons. The molecule has 0 aromatic rings. The molecular formula is C5H12NOSi. The van der Waals surface area contributed by atoms with Crippen molar-refractivity contribution in [1.29, 1.82) is 0 Å². The van der Waals surface area contributed by atoms with Crippen LogP contribution in [0, 0.1) is 0 Å². The van der Waals surface area contributed by atoms with Gasteiger partial charge in [0.05, 0.1) is 5.60 Å². The van der Waals surface area contributed by atoms with Crippen LogP contribution in [0.25, 0.3) is 0 Å². The first-order chi connectivity index (χ1) is 3.62. The summed E-state index contributed by atoms with van der Waals surface area (Å²) in [5.74, 6) is 0. The first kappa shape index (κ1) is 8.14. The standard InChI is InChI=1S/C5H12NOSi/c1-5(2,7-8)3-4-6/h3-4,6H2,1-2H3. The van der Waals surface area contributed by atoms with E-state index in [0.29, 0.717) is 6.54 Å². The second-order valence-corrected chi connectivity index (χ2v) is 2.60. The molecule has 2 nitrogen and oxygen atoms in total. The minimum atomic E-state index is -0.119. The zero-order valence-electron chi connectivity index (χ0n) is 5.40. The van der Waals surface area contributed by atoms with Gasteiger partial charge in [-0.2, -0.15) is 0 Å². The van der Waals surface area contributed by atoms with E-state index in [1.54, 1.807) is 0 Å². The Kier molecular flexibility index (Phi) is 3.27. The molecule has 0 fully saturated rings. The molecular weight excluding hydrogens is 118 g/mol. The van der Waals surface area contributed by atoms with Crippen molar-refractivity contribution in [1.82, 2.24) is 0 Å². The maximum absolute atomic E-state index is 5.29. The first-order valence-electron chi connectivity index (χ1n) is 2.67. The third-order valence-corrected chi connectivity index (χ3v) is 1.58. The molecule has 0 heterocycles. The smallest absolute Gasteiger partial charge is 0.246 e.